The number of nitrogens with zero attached hydrogens (tertiary/aromatic N) is 1. The van der Waals surface area contributed by atoms with Gasteiger partial charge < -0.3 is 10.2 Å². The van der Waals surface area contributed by atoms with E-state index in [-0.39, 0.29) is 12.6 Å². The number of nitrogens with one attached hydrogen (secondary N) is 1. The summed E-state index contributed by atoms with van der Waals surface area (Å²) in [6.07, 6.45) is 1.41. The van der Waals surface area contributed by atoms with E-state index in [4.69, 9.17) is 23.2 Å². The summed E-state index contributed by atoms with van der Waals surface area (Å²) in [4.78, 5) is 36.5. The highest BCUT2D eigenvalue weighted by Crippen LogP contribution is 2.23. The molecule has 0 radical (unpaired) electrons. The first-order valence-electron chi connectivity index (χ1n) is 7.33. The highest BCUT2D eigenvalue weighted by molar-refractivity contribution is 6.42. The van der Waals surface area contributed by atoms with E-state index in [1.54, 1.807) is 12.1 Å². The van der Waals surface area contributed by atoms with E-state index in [2.05, 4.69) is 5.32 Å². The number of rotatable bonds is 5. The largest absolute Gasteiger partial charge is 0.353 e. The summed E-state index contributed by atoms with van der Waals surface area (Å²) in [6.45, 7) is 2.00. The maximum Gasteiger partial charge on any atom is 0.290 e. The fraction of sp³-hybridized carbons (Fsp3) is 0.438. The molecule has 2 unspecified atom stereocenters. The molecular formula is C16H18Cl2N2O3. The minimum absolute atomic E-state index is 0.120. The third kappa shape index (κ3) is 4.24. The van der Waals surface area contributed by atoms with Crippen molar-refractivity contribution < 1.29 is 14.4 Å². The Balaban J connectivity index is 1.86. The van der Waals surface area contributed by atoms with Gasteiger partial charge in [-0.25, -0.2) is 0 Å². The van der Waals surface area contributed by atoms with E-state index in [1.807, 2.05) is 13.0 Å². The molecule has 0 aromatic heterocycles. The number of hydrogen-bond donors (Lipinski definition) is 1. The second-order valence-corrected chi connectivity index (χ2v) is 6.61. The predicted octanol–water partition coefficient (Wildman–Crippen LogP) is 2.09. The molecule has 1 aliphatic rings. The molecule has 1 aromatic carbocycles. The molecule has 5 nitrogen and oxygen atoms in total. The van der Waals surface area contributed by atoms with Gasteiger partial charge in [-0.1, -0.05) is 29.3 Å². The Bertz CT molecular complexity index is 648. The van der Waals surface area contributed by atoms with Gasteiger partial charge in [0.05, 0.1) is 10.0 Å². The fourth-order valence-corrected chi connectivity index (χ4v) is 2.79. The van der Waals surface area contributed by atoms with E-state index in [0.29, 0.717) is 16.5 Å². The zero-order valence-corrected chi connectivity index (χ0v) is 14.4. The van der Waals surface area contributed by atoms with Crippen LogP contribution in [0.15, 0.2) is 18.2 Å². The number of amides is 2. The van der Waals surface area contributed by atoms with Crippen LogP contribution < -0.4 is 5.32 Å². The molecule has 1 aliphatic heterocycles. The van der Waals surface area contributed by atoms with Crippen LogP contribution in [0.4, 0.5) is 0 Å². The van der Waals surface area contributed by atoms with Crippen molar-refractivity contribution in [3.8, 4) is 0 Å². The number of carbonyl (C=O) groups excluding carboxylic acids is 3. The van der Waals surface area contributed by atoms with Gasteiger partial charge in [0, 0.05) is 19.6 Å². The van der Waals surface area contributed by atoms with Crippen LogP contribution >= 0.6 is 23.2 Å². The summed E-state index contributed by atoms with van der Waals surface area (Å²) in [6, 6.07) is 5.30. The standard InChI is InChI=1S/C16H18Cl2N2O3/c1-9(3-4-10-5-6-12(17)13(18)7-10)19-15(22)11-8-20(2)16(23)14(11)21/h5-7,9,11H,3-4,8H2,1-2H3,(H,19,22). The lowest BCUT2D eigenvalue weighted by Gasteiger charge is -2.16. The van der Waals surface area contributed by atoms with Crippen LogP contribution in [0.1, 0.15) is 18.9 Å². The highest BCUT2D eigenvalue weighted by Gasteiger charge is 2.41. The molecule has 0 aliphatic carbocycles. The number of likely N-dealkylation sites (N-methyl/N-ethyl adjacent to an activating group) is 1. The van der Waals surface area contributed by atoms with Crippen LogP contribution in [0, 0.1) is 5.92 Å². The van der Waals surface area contributed by atoms with Crippen LogP contribution in [0.2, 0.25) is 10.0 Å². The van der Waals surface area contributed by atoms with Crippen molar-refractivity contribution in [3.05, 3.63) is 33.8 Å². The van der Waals surface area contributed by atoms with Crippen molar-refractivity contribution in [1.82, 2.24) is 10.2 Å². The van der Waals surface area contributed by atoms with Crippen molar-refractivity contribution in [2.75, 3.05) is 13.6 Å². The first kappa shape index (κ1) is 17.8. The molecule has 1 saturated heterocycles. The first-order valence-corrected chi connectivity index (χ1v) is 8.08. The van der Waals surface area contributed by atoms with Crippen molar-refractivity contribution in [1.29, 1.82) is 0 Å². The number of hydrogen-bond acceptors (Lipinski definition) is 3. The molecular weight excluding hydrogens is 339 g/mol. The van der Waals surface area contributed by atoms with E-state index >= 15 is 0 Å². The normalized spacial score (nSPS) is 19.1. The molecule has 124 valence electrons. The van der Waals surface area contributed by atoms with Crippen molar-refractivity contribution in [2.45, 2.75) is 25.8 Å². The molecule has 2 rings (SSSR count). The SMILES string of the molecule is CC(CCc1ccc(Cl)c(Cl)c1)NC(=O)C1CN(C)C(=O)C1=O. The van der Waals surface area contributed by atoms with Gasteiger partial charge in [-0.15, -0.1) is 0 Å². The molecule has 23 heavy (non-hydrogen) atoms. The number of ketones is 1. The molecule has 0 saturated carbocycles. The topological polar surface area (TPSA) is 66.5 Å². The number of Topliss-reactive ketones (excluding diaryl/α,β-unsaturated/α-hetero) is 1. The Hall–Kier alpha value is -1.59. The maximum atomic E-state index is 12.1. The second kappa shape index (κ2) is 7.32. The Kier molecular flexibility index (Phi) is 5.65. The van der Waals surface area contributed by atoms with Crippen LogP contribution in [-0.2, 0) is 20.8 Å². The summed E-state index contributed by atoms with van der Waals surface area (Å²) >= 11 is 11.8. The van der Waals surface area contributed by atoms with Crippen LogP contribution in [0.25, 0.3) is 0 Å². The van der Waals surface area contributed by atoms with Crippen LogP contribution in [0.5, 0.6) is 0 Å². The molecule has 1 N–H and O–H groups in total. The lowest BCUT2D eigenvalue weighted by Crippen LogP contribution is -2.40. The van der Waals surface area contributed by atoms with Crippen LogP contribution in [0.3, 0.4) is 0 Å². The maximum absolute atomic E-state index is 12.1. The second-order valence-electron chi connectivity index (χ2n) is 5.80. The van der Waals surface area contributed by atoms with E-state index in [1.165, 1.54) is 11.9 Å². The summed E-state index contributed by atoms with van der Waals surface area (Å²) < 4.78 is 0. The molecule has 7 heteroatoms. The average molecular weight is 357 g/mol. The number of aryl methyl sites for hydroxylation is 1. The third-order valence-electron chi connectivity index (χ3n) is 3.89. The van der Waals surface area contributed by atoms with Crippen LogP contribution in [-0.4, -0.2) is 42.1 Å². The van der Waals surface area contributed by atoms with Gasteiger partial charge >= 0.3 is 0 Å². The van der Waals surface area contributed by atoms with E-state index < -0.39 is 23.5 Å². The molecule has 1 fully saturated rings. The summed E-state index contributed by atoms with van der Waals surface area (Å²) in [7, 11) is 1.52. The zero-order valence-electron chi connectivity index (χ0n) is 12.9. The zero-order chi connectivity index (χ0) is 17.1. The summed E-state index contributed by atoms with van der Waals surface area (Å²) in [5.74, 6) is -2.54. The number of likely N-dealkylation sites (tertiary alicyclic amines) is 1. The van der Waals surface area contributed by atoms with Gasteiger partial charge in [0.25, 0.3) is 5.91 Å². The molecule has 1 aromatic rings. The van der Waals surface area contributed by atoms with Crippen molar-refractivity contribution in [3.63, 3.8) is 0 Å². The highest BCUT2D eigenvalue weighted by atomic mass is 35.5. The quantitative estimate of drug-likeness (QED) is 0.648. The number of halogens is 2. The van der Waals surface area contributed by atoms with E-state index in [9.17, 15) is 14.4 Å². The molecule has 0 spiro atoms. The molecule has 2 amide bonds. The molecule has 1 heterocycles. The Morgan fingerprint density at radius 3 is 2.61 bits per heavy atom. The first-order chi connectivity index (χ1) is 10.8. The Labute approximate surface area is 144 Å². The minimum Gasteiger partial charge on any atom is -0.353 e. The Morgan fingerprint density at radius 1 is 1.35 bits per heavy atom. The summed E-state index contributed by atoms with van der Waals surface area (Å²) in [5.41, 5.74) is 1.02. The number of carbonyl (C=O) groups is 3. The van der Waals surface area contributed by atoms with Gasteiger partial charge in [0.15, 0.2) is 0 Å². The predicted molar refractivity (Wildman–Crippen MR) is 88.5 cm³/mol. The van der Waals surface area contributed by atoms with Gasteiger partial charge in [0.1, 0.15) is 5.92 Å². The molecule has 0 bridgehead atoms. The van der Waals surface area contributed by atoms with E-state index in [0.717, 1.165) is 12.0 Å². The number of benzene rings is 1. The Morgan fingerprint density at radius 2 is 2.04 bits per heavy atom. The summed E-state index contributed by atoms with van der Waals surface area (Å²) in [5, 5.41) is 3.80. The van der Waals surface area contributed by atoms with Gasteiger partial charge in [-0.3, -0.25) is 14.4 Å². The average Bonchev–Trinajstić information content (AvgIpc) is 2.76. The van der Waals surface area contributed by atoms with Gasteiger partial charge in [-0.2, -0.15) is 0 Å². The lowest BCUT2D eigenvalue weighted by molar-refractivity contribution is -0.142. The third-order valence-corrected chi connectivity index (χ3v) is 4.62. The van der Waals surface area contributed by atoms with Crippen molar-refractivity contribution in [2.24, 2.45) is 5.92 Å². The monoisotopic (exact) mass is 356 g/mol. The smallest absolute Gasteiger partial charge is 0.290 e. The molecule has 2 atom stereocenters. The lowest BCUT2D eigenvalue weighted by atomic mass is 10.0. The fourth-order valence-electron chi connectivity index (χ4n) is 2.47. The van der Waals surface area contributed by atoms with Crippen molar-refractivity contribution >= 4 is 40.8 Å². The van der Waals surface area contributed by atoms with Gasteiger partial charge in [-0.05, 0) is 37.5 Å². The minimum atomic E-state index is -0.903. The van der Waals surface area contributed by atoms with Gasteiger partial charge in [0.2, 0.25) is 11.7 Å².